The molecule has 0 saturated carbocycles. The van der Waals surface area contributed by atoms with Gasteiger partial charge in [0.2, 0.25) is 11.8 Å². The number of carbonyl (C=O) groups is 3. The highest BCUT2D eigenvalue weighted by atomic mass is 16.5. The van der Waals surface area contributed by atoms with Gasteiger partial charge < -0.3 is 24.8 Å². The molecule has 0 radical (unpaired) electrons. The Hall–Kier alpha value is -4.73. The fourth-order valence-electron chi connectivity index (χ4n) is 7.45. The quantitative estimate of drug-likeness (QED) is 0.219. The number of aliphatic imine (C=N–C) groups is 1. The van der Waals surface area contributed by atoms with Crippen LogP contribution < -0.4 is 5.32 Å². The van der Waals surface area contributed by atoms with Crippen LogP contribution in [-0.2, 0) is 27.2 Å². The molecule has 270 valence electrons. The van der Waals surface area contributed by atoms with Crippen LogP contribution in [0.4, 0.5) is 10.5 Å². The highest BCUT2D eigenvalue weighted by Gasteiger charge is 2.39. The molecular weight excluding hydrogens is 640 g/mol. The number of methoxy groups -OCH3 is 1. The molecule has 0 spiro atoms. The van der Waals surface area contributed by atoms with Gasteiger partial charge >= 0.3 is 6.09 Å². The van der Waals surface area contributed by atoms with Gasteiger partial charge in [-0.25, -0.2) is 9.78 Å². The van der Waals surface area contributed by atoms with Crippen LogP contribution in [0.3, 0.4) is 0 Å². The third kappa shape index (κ3) is 7.95. The molecule has 1 aromatic heterocycles. The van der Waals surface area contributed by atoms with Gasteiger partial charge in [0.15, 0.2) is 0 Å². The molecule has 2 fully saturated rings. The summed E-state index contributed by atoms with van der Waals surface area (Å²) in [5.74, 6) is 1.25. The van der Waals surface area contributed by atoms with E-state index in [2.05, 4.69) is 78.8 Å². The van der Waals surface area contributed by atoms with Crippen LogP contribution in [0, 0.1) is 17.8 Å². The molecule has 0 unspecified atom stereocenters. The third-order valence-electron chi connectivity index (χ3n) is 10.8. The number of H-pyrrole nitrogens is 1. The number of allylic oxidation sites excluding steroid dienone is 1. The highest BCUT2D eigenvalue weighted by molar-refractivity contribution is 6.01. The molecule has 2 N–H and O–H groups in total. The normalized spacial score (nSPS) is 19.9. The Morgan fingerprint density at radius 1 is 0.941 bits per heavy atom. The van der Waals surface area contributed by atoms with E-state index in [0.717, 1.165) is 79.1 Å². The molecule has 6 rings (SSSR count). The lowest BCUT2D eigenvalue weighted by molar-refractivity contribution is -0.137. The van der Waals surface area contributed by atoms with Crippen molar-refractivity contribution in [2.45, 2.75) is 91.3 Å². The van der Waals surface area contributed by atoms with Crippen LogP contribution in [0.1, 0.15) is 88.9 Å². The number of amides is 3. The summed E-state index contributed by atoms with van der Waals surface area (Å²) in [7, 11) is 1.31. The number of carbonyl (C=O) groups excluding carboxylic acids is 3. The number of rotatable bonds is 11. The van der Waals surface area contributed by atoms with Gasteiger partial charge in [0.1, 0.15) is 11.9 Å². The maximum absolute atomic E-state index is 13.6. The zero-order chi connectivity index (χ0) is 36.2. The first-order valence-corrected chi connectivity index (χ1v) is 18.5. The SMILES string of the molecule is COC(=O)N[C@H](C(=O)N1CCC[C@H]1C1=Nc2cc(CC=Cc3ccc(-c4cnc([C@@H]5CCCN5C(=O)[C@@H](C)C(C)C)[nH]4)cc3)ccc2C1)C(C)C. The Morgan fingerprint density at radius 3 is 2.33 bits per heavy atom. The lowest BCUT2D eigenvalue weighted by Gasteiger charge is -2.30. The smallest absolute Gasteiger partial charge is 0.407 e. The second kappa shape index (κ2) is 15.7. The molecule has 2 aromatic carbocycles. The fourth-order valence-corrected chi connectivity index (χ4v) is 7.45. The Morgan fingerprint density at radius 2 is 1.65 bits per heavy atom. The summed E-state index contributed by atoms with van der Waals surface area (Å²) >= 11 is 0. The van der Waals surface area contributed by atoms with Gasteiger partial charge in [-0.3, -0.25) is 14.6 Å². The van der Waals surface area contributed by atoms with Crippen LogP contribution in [0.2, 0.25) is 0 Å². The minimum absolute atomic E-state index is 0.000777. The molecule has 2 saturated heterocycles. The Bertz CT molecular complexity index is 1790. The average molecular weight is 693 g/mol. The molecule has 4 atom stereocenters. The zero-order valence-electron chi connectivity index (χ0n) is 30.8. The number of nitrogens with one attached hydrogen (secondary N) is 2. The Balaban J connectivity index is 1.06. The number of likely N-dealkylation sites (tertiary alicyclic amines) is 2. The van der Waals surface area contributed by atoms with Crippen molar-refractivity contribution >= 4 is 35.4 Å². The van der Waals surface area contributed by atoms with Gasteiger partial charge in [0.25, 0.3) is 0 Å². The lowest BCUT2D eigenvalue weighted by Crippen LogP contribution is -2.53. The first-order valence-electron chi connectivity index (χ1n) is 18.5. The number of imidazole rings is 1. The van der Waals surface area contributed by atoms with Crippen molar-refractivity contribution < 1.29 is 19.1 Å². The molecular formula is C41H52N6O4. The van der Waals surface area contributed by atoms with Crippen LogP contribution in [0.15, 0.2) is 59.7 Å². The van der Waals surface area contributed by atoms with Crippen molar-refractivity contribution in [3.8, 4) is 11.3 Å². The van der Waals surface area contributed by atoms with Crippen molar-refractivity contribution in [1.82, 2.24) is 25.1 Å². The van der Waals surface area contributed by atoms with E-state index in [0.29, 0.717) is 12.5 Å². The van der Waals surface area contributed by atoms with Crippen LogP contribution in [-0.4, -0.2) is 75.7 Å². The summed E-state index contributed by atoms with van der Waals surface area (Å²) in [4.78, 5) is 55.7. The summed E-state index contributed by atoms with van der Waals surface area (Å²) in [6.07, 6.45) is 10.8. The Kier molecular flexibility index (Phi) is 11.1. The Labute approximate surface area is 301 Å². The molecule has 3 aromatic rings. The van der Waals surface area contributed by atoms with E-state index in [1.807, 2.05) is 36.8 Å². The standard InChI is InChI=1S/C41H52N6O4/c1-25(2)27(5)39(48)47-21-9-13-36(47)38-42-24-34(44-38)30-17-14-28(15-18-30)10-7-11-29-16-19-31-23-33(43-32(31)22-29)35-12-8-20-46(35)40(49)37(26(3)4)45-41(50)51-6/h7,10,14-19,22,24-27,35-37H,8-9,11-13,20-21,23H2,1-6H3,(H,42,44)(H,45,50)/t27-,35-,36-,37-/m0/s1. The minimum atomic E-state index is -0.639. The summed E-state index contributed by atoms with van der Waals surface area (Å²) in [6, 6.07) is 14.2. The molecule has 3 aliphatic heterocycles. The molecule has 3 amide bonds. The van der Waals surface area contributed by atoms with E-state index >= 15 is 0 Å². The summed E-state index contributed by atoms with van der Waals surface area (Å²) in [5, 5.41) is 2.73. The second-order valence-electron chi connectivity index (χ2n) is 14.9. The molecule has 51 heavy (non-hydrogen) atoms. The number of nitrogens with zero attached hydrogens (tertiary/aromatic N) is 4. The van der Waals surface area contributed by atoms with Crippen LogP contribution >= 0.6 is 0 Å². The minimum Gasteiger partial charge on any atom is -0.453 e. The molecule has 4 heterocycles. The van der Waals surface area contributed by atoms with Gasteiger partial charge in [0.05, 0.1) is 36.8 Å². The third-order valence-corrected chi connectivity index (χ3v) is 10.8. The number of alkyl carbamates (subject to hydrolysis) is 1. The van der Waals surface area contributed by atoms with Gasteiger partial charge in [-0.2, -0.15) is 0 Å². The number of aromatic nitrogens is 2. The number of ether oxygens (including phenoxy) is 1. The van der Waals surface area contributed by atoms with E-state index in [9.17, 15) is 14.4 Å². The van der Waals surface area contributed by atoms with Crippen molar-refractivity contribution in [2.75, 3.05) is 20.2 Å². The largest absolute Gasteiger partial charge is 0.453 e. The average Bonchev–Trinajstić information content (AvgIpc) is 3.95. The van der Waals surface area contributed by atoms with Gasteiger partial charge in [-0.15, -0.1) is 0 Å². The van der Waals surface area contributed by atoms with E-state index in [1.54, 1.807) is 0 Å². The van der Waals surface area contributed by atoms with E-state index < -0.39 is 12.1 Å². The van der Waals surface area contributed by atoms with Crippen LogP contribution in [0.5, 0.6) is 0 Å². The summed E-state index contributed by atoms with van der Waals surface area (Å²) in [5.41, 5.74) is 7.49. The van der Waals surface area contributed by atoms with E-state index in [-0.39, 0.29) is 35.7 Å². The molecule has 0 bridgehead atoms. The monoisotopic (exact) mass is 692 g/mol. The molecule has 3 aliphatic rings. The van der Waals surface area contributed by atoms with E-state index in [1.165, 1.54) is 18.2 Å². The highest BCUT2D eigenvalue weighted by Crippen LogP contribution is 2.35. The number of aromatic amines is 1. The molecule has 0 aliphatic carbocycles. The van der Waals surface area contributed by atoms with Gasteiger partial charge in [0, 0.05) is 31.1 Å². The molecule has 10 nitrogen and oxygen atoms in total. The summed E-state index contributed by atoms with van der Waals surface area (Å²) < 4.78 is 4.77. The fraction of sp³-hybridized carbons (Fsp3) is 0.488. The van der Waals surface area contributed by atoms with Crippen LogP contribution in [0.25, 0.3) is 17.3 Å². The summed E-state index contributed by atoms with van der Waals surface area (Å²) in [6.45, 7) is 11.5. The maximum atomic E-state index is 13.6. The molecule has 10 heteroatoms. The van der Waals surface area contributed by atoms with Crippen molar-refractivity contribution in [2.24, 2.45) is 22.7 Å². The van der Waals surface area contributed by atoms with Gasteiger partial charge in [-0.1, -0.05) is 83.2 Å². The van der Waals surface area contributed by atoms with Crippen molar-refractivity contribution in [3.05, 3.63) is 77.3 Å². The first-order chi connectivity index (χ1) is 24.5. The predicted molar refractivity (Wildman–Crippen MR) is 201 cm³/mol. The van der Waals surface area contributed by atoms with Crippen molar-refractivity contribution in [3.63, 3.8) is 0 Å². The number of benzene rings is 2. The zero-order valence-corrected chi connectivity index (χ0v) is 30.8. The predicted octanol–water partition coefficient (Wildman–Crippen LogP) is 7.29. The van der Waals surface area contributed by atoms with E-state index in [4.69, 9.17) is 14.7 Å². The number of fused-ring (bicyclic) bond motifs is 1. The topological polar surface area (TPSA) is 120 Å². The second-order valence-corrected chi connectivity index (χ2v) is 14.9. The van der Waals surface area contributed by atoms with Gasteiger partial charge in [-0.05, 0) is 72.3 Å². The number of hydrogen-bond acceptors (Lipinski definition) is 6. The lowest BCUT2D eigenvalue weighted by atomic mass is 9.96. The maximum Gasteiger partial charge on any atom is 0.407 e. The van der Waals surface area contributed by atoms with Crippen molar-refractivity contribution in [1.29, 1.82) is 0 Å². The first kappa shape index (κ1) is 36.1. The number of hydrogen-bond donors (Lipinski definition) is 2.